The molecule has 1 nitrogen and oxygen atoms in total. The minimum Gasteiger partial charge on any atom is -0.298 e. The first-order chi connectivity index (χ1) is 6.22. The van der Waals surface area contributed by atoms with Crippen molar-refractivity contribution < 1.29 is 4.79 Å². The van der Waals surface area contributed by atoms with E-state index in [-0.39, 0.29) is 0 Å². The van der Waals surface area contributed by atoms with Gasteiger partial charge in [0.05, 0.1) is 0 Å². The Morgan fingerprint density at radius 1 is 1.46 bits per heavy atom. The maximum atomic E-state index is 10.8. The second kappa shape index (κ2) is 3.16. The Hall–Kier alpha value is -0.800. The van der Waals surface area contributed by atoms with Gasteiger partial charge in [0.2, 0.25) is 0 Å². The number of hydrogen-bond donors (Lipinski definition) is 1. The number of rotatable bonds is 1. The third-order valence-electron chi connectivity index (χ3n) is 1.96. The van der Waals surface area contributed by atoms with E-state index < -0.39 is 0 Å². The molecular weight excluding hydrogens is 200 g/mol. The maximum absolute atomic E-state index is 10.8. The van der Waals surface area contributed by atoms with E-state index in [9.17, 15) is 4.79 Å². The van der Waals surface area contributed by atoms with Crippen LogP contribution in [0, 0.1) is 6.92 Å². The molecule has 13 heavy (non-hydrogen) atoms. The van der Waals surface area contributed by atoms with Gasteiger partial charge in [0.25, 0.3) is 0 Å². The molecule has 0 fully saturated rings. The van der Waals surface area contributed by atoms with Crippen LogP contribution >= 0.6 is 24.0 Å². The second-order valence-corrected chi connectivity index (χ2v) is 4.65. The van der Waals surface area contributed by atoms with Gasteiger partial charge < -0.3 is 0 Å². The molecule has 1 aromatic heterocycles. The van der Waals surface area contributed by atoms with Crippen LogP contribution in [0.15, 0.2) is 23.1 Å². The van der Waals surface area contributed by atoms with E-state index in [1.807, 2.05) is 25.1 Å². The Morgan fingerprint density at radius 3 is 2.92 bits per heavy atom. The van der Waals surface area contributed by atoms with Gasteiger partial charge in [0, 0.05) is 25.4 Å². The highest BCUT2D eigenvalue weighted by molar-refractivity contribution is 7.80. The molecule has 0 aliphatic rings. The highest BCUT2D eigenvalue weighted by Crippen LogP contribution is 2.30. The molecule has 0 aliphatic heterocycles. The van der Waals surface area contributed by atoms with Gasteiger partial charge in [-0.15, -0.1) is 24.0 Å². The predicted molar refractivity (Wildman–Crippen MR) is 59.2 cm³/mol. The number of hydrogen-bond acceptors (Lipinski definition) is 3. The fourth-order valence-corrected chi connectivity index (χ4v) is 2.56. The lowest BCUT2D eigenvalue weighted by atomic mass is 10.1. The fraction of sp³-hybridized carbons (Fsp3) is 0.100. The molecule has 0 amide bonds. The van der Waals surface area contributed by atoms with Gasteiger partial charge in [0.1, 0.15) is 0 Å². The van der Waals surface area contributed by atoms with E-state index in [1.54, 1.807) is 11.3 Å². The molecule has 1 aromatic carbocycles. The maximum Gasteiger partial charge on any atom is 0.151 e. The molecule has 0 spiro atoms. The summed E-state index contributed by atoms with van der Waals surface area (Å²) in [6.45, 7) is 2.04. The first kappa shape index (κ1) is 8.78. The first-order valence-electron chi connectivity index (χ1n) is 3.89. The van der Waals surface area contributed by atoms with Crippen molar-refractivity contribution in [2.45, 2.75) is 11.8 Å². The largest absolute Gasteiger partial charge is 0.298 e. The molecule has 3 heteroatoms. The van der Waals surface area contributed by atoms with Gasteiger partial charge in [-0.1, -0.05) is 0 Å². The summed E-state index contributed by atoms with van der Waals surface area (Å²) in [6.07, 6.45) is 0.872. The first-order valence-corrected chi connectivity index (χ1v) is 5.16. The SMILES string of the molecule is Cc1cc2c(C=O)c(S)ccc2s1. The van der Waals surface area contributed by atoms with Gasteiger partial charge >= 0.3 is 0 Å². The zero-order valence-corrected chi connectivity index (χ0v) is 8.78. The van der Waals surface area contributed by atoms with Crippen LogP contribution in [0.4, 0.5) is 0 Å². The molecule has 0 saturated heterocycles. The zero-order chi connectivity index (χ0) is 9.42. The fourth-order valence-electron chi connectivity index (χ4n) is 1.37. The topological polar surface area (TPSA) is 17.1 Å². The van der Waals surface area contributed by atoms with Crippen LogP contribution < -0.4 is 0 Å². The lowest BCUT2D eigenvalue weighted by Gasteiger charge is -1.97. The van der Waals surface area contributed by atoms with E-state index in [0.717, 1.165) is 21.3 Å². The van der Waals surface area contributed by atoms with Gasteiger partial charge in [-0.2, -0.15) is 0 Å². The average Bonchev–Trinajstić information content (AvgIpc) is 2.45. The minimum absolute atomic E-state index is 0.699. The van der Waals surface area contributed by atoms with E-state index in [4.69, 9.17) is 0 Å². The number of aryl methyl sites for hydroxylation is 1. The zero-order valence-electron chi connectivity index (χ0n) is 7.07. The summed E-state index contributed by atoms with van der Waals surface area (Å²) in [6, 6.07) is 5.90. The highest BCUT2D eigenvalue weighted by Gasteiger charge is 2.06. The standard InChI is InChI=1S/C10H8OS2/c1-6-4-7-8(5-11)9(12)2-3-10(7)13-6/h2-5,12H,1H3. The van der Waals surface area contributed by atoms with Crippen molar-refractivity contribution in [3.8, 4) is 0 Å². The van der Waals surface area contributed by atoms with Crippen LogP contribution in [-0.4, -0.2) is 6.29 Å². The number of fused-ring (bicyclic) bond motifs is 1. The molecule has 0 aliphatic carbocycles. The summed E-state index contributed by atoms with van der Waals surface area (Å²) < 4.78 is 1.15. The number of carbonyl (C=O) groups excluding carboxylic acids is 1. The highest BCUT2D eigenvalue weighted by atomic mass is 32.1. The Morgan fingerprint density at radius 2 is 2.23 bits per heavy atom. The lowest BCUT2D eigenvalue weighted by Crippen LogP contribution is -1.82. The third kappa shape index (κ3) is 1.38. The van der Waals surface area contributed by atoms with Crippen molar-refractivity contribution >= 4 is 40.3 Å². The summed E-state index contributed by atoms with van der Waals surface area (Å²) in [5.41, 5.74) is 0.699. The normalized spacial score (nSPS) is 10.6. The van der Waals surface area contributed by atoms with Gasteiger partial charge in [-0.25, -0.2) is 0 Å². The van der Waals surface area contributed by atoms with Crippen LogP contribution in [0.1, 0.15) is 15.2 Å². The molecule has 0 radical (unpaired) electrons. The summed E-state index contributed by atoms with van der Waals surface area (Å²) in [4.78, 5) is 12.8. The Balaban J connectivity index is 2.90. The van der Waals surface area contributed by atoms with Crippen molar-refractivity contribution in [1.82, 2.24) is 0 Å². The molecule has 2 aromatic rings. The van der Waals surface area contributed by atoms with Gasteiger partial charge in [0.15, 0.2) is 6.29 Å². The van der Waals surface area contributed by atoms with Crippen LogP contribution in [0.2, 0.25) is 0 Å². The molecule has 0 bridgehead atoms. The molecule has 66 valence electrons. The summed E-state index contributed by atoms with van der Waals surface area (Å²) in [5, 5.41) is 1.02. The lowest BCUT2D eigenvalue weighted by molar-refractivity contribution is 0.112. The average molecular weight is 208 g/mol. The predicted octanol–water partition coefficient (Wildman–Crippen LogP) is 3.31. The van der Waals surface area contributed by atoms with E-state index in [1.165, 1.54) is 4.88 Å². The Kier molecular flexibility index (Phi) is 2.14. The van der Waals surface area contributed by atoms with Crippen molar-refractivity contribution in [3.63, 3.8) is 0 Å². The molecule has 2 rings (SSSR count). The van der Waals surface area contributed by atoms with Crippen molar-refractivity contribution in [1.29, 1.82) is 0 Å². The quantitative estimate of drug-likeness (QED) is 0.562. The molecule has 0 saturated carbocycles. The van der Waals surface area contributed by atoms with Gasteiger partial charge in [-0.3, -0.25) is 4.79 Å². The summed E-state index contributed by atoms with van der Waals surface area (Å²) in [7, 11) is 0. The van der Waals surface area contributed by atoms with Crippen molar-refractivity contribution in [3.05, 3.63) is 28.6 Å². The van der Waals surface area contributed by atoms with E-state index in [0.29, 0.717) is 5.56 Å². The number of carbonyl (C=O) groups is 1. The molecule has 0 atom stereocenters. The van der Waals surface area contributed by atoms with Crippen molar-refractivity contribution in [2.24, 2.45) is 0 Å². The molecule has 0 unspecified atom stereocenters. The third-order valence-corrected chi connectivity index (χ3v) is 3.37. The Bertz CT molecular complexity index is 471. The molecule has 0 N–H and O–H groups in total. The van der Waals surface area contributed by atoms with Crippen molar-refractivity contribution in [2.75, 3.05) is 0 Å². The number of thiol groups is 1. The van der Waals surface area contributed by atoms with E-state index >= 15 is 0 Å². The molecular formula is C10H8OS2. The van der Waals surface area contributed by atoms with Crippen LogP contribution in [-0.2, 0) is 0 Å². The smallest absolute Gasteiger partial charge is 0.151 e. The number of thiophene rings is 1. The summed E-state index contributed by atoms with van der Waals surface area (Å²) in [5.74, 6) is 0. The molecule has 1 heterocycles. The van der Waals surface area contributed by atoms with Gasteiger partial charge in [-0.05, 0) is 25.1 Å². The number of benzene rings is 1. The number of aldehydes is 1. The summed E-state index contributed by atoms with van der Waals surface area (Å²) >= 11 is 5.93. The van der Waals surface area contributed by atoms with E-state index in [2.05, 4.69) is 12.6 Å². The minimum atomic E-state index is 0.699. The Labute approximate surface area is 85.8 Å². The van der Waals surface area contributed by atoms with Crippen LogP contribution in [0.5, 0.6) is 0 Å². The van der Waals surface area contributed by atoms with Crippen LogP contribution in [0.25, 0.3) is 10.1 Å². The second-order valence-electron chi connectivity index (χ2n) is 2.89. The van der Waals surface area contributed by atoms with Crippen LogP contribution in [0.3, 0.4) is 0 Å². The monoisotopic (exact) mass is 208 g/mol.